The van der Waals surface area contributed by atoms with Crippen molar-refractivity contribution in [1.82, 2.24) is 4.90 Å². The third kappa shape index (κ3) is 6.06. The Morgan fingerprint density at radius 2 is 1.96 bits per heavy atom. The van der Waals surface area contributed by atoms with Gasteiger partial charge in [-0.25, -0.2) is 4.79 Å². The van der Waals surface area contributed by atoms with Gasteiger partial charge in [0.2, 0.25) is 0 Å². The summed E-state index contributed by atoms with van der Waals surface area (Å²) in [4.78, 5) is 14.0. The standard InChI is InChI=1S/C18H35N3O4/c1-6-7-12-24-13-14-8-10-18(11-9-14,15(19)20-23)21(5)16(22)25-17(2,3)4/h14,23H,6-13H2,1-5H3,(H2,19,20). The van der Waals surface area contributed by atoms with Crippen LogP contribution in [0.15, 0.2) is 5.16 Å². The second-order valence-electron chi connectivity index (χ2n) is 7.93. The summed E-state index contributed by atoms with van der Waals surface area (Å²) in [5.41, 5.74) is 4.59. The van der Waals surface area contributed by atoms with Crippen molar-refractivity contribution in [2.24, 2.45) is 16.8 Å². The summed E-state index contributed by atoms with van der Waals surface area (Å²) in [7, 11) is 1.66. The van der Waals surface area contributed by atoms with Crippen LogP contribution in [0.5, 0.6) is 0 Å². The van der Waals surface area contributed by atoms with Crippen molar-refractivity contribution >= 4 is 11.9 Å². The lowest BCUT2D eigenvalue weighted by molar-refractivity contribution is 0.00250. The zero-order valence-electron chi connectivity index (χ0n) is 16.4. The fourth-order valence-electron chi connectivity index (χ4n) is 3.18. The van der Waals surface area contributed by atoms with E-state index in [4.69, 9.17) is 15.2 Å². The van der Waals surface area contributed by atoms with Crippen LogP contribution in [0.4, 0.5) is 4.79 Å². The van der Waals surface area contributed by atoms with Crippen molar-refractivity contribution in [2.75, 3.05) is 20.3 Å². The molecule has 0 atom stereocenters. The molecule has 0 unspecified atom stereocenters. The maximum Gasteiger partial charge on any atom is 0.410 e. The molecule has 1 fully saturated rings. The molecule has 7 nitrogen and oxygen atoms in total. The minimum absolute atomic E-state index is 0.0613. The Balaban J connectivity index is 2.75. The average Bonchev–Trinajstić information content (AvgIpc) is 2.56. The molecular weight excluding hydrogens is 322 g/mol. The number of amidine groups is 1. The van der Waals surface area contributed by atoms with E-state index in [9.17, 15) is 10.0 Å². The molecule has 0 heterocycles. The number of likely N-dealkylation sites (N-methyl/N-ethyl adjacent to an activating group) is 1. The summed E-state index contributed by atoms with van der Waals surface area (Å²) in [6.45, 7) is 9.11. The molecule has 1 aliphatic carbocycles. The molecule has 146 valence electrons. The quantitative estimate of drug-likeness (QED) is 0.239. The molecule has 0 bridgehead atoms. The third-order valence-electron chi connectivity index (χ3n) is 4.82. The van der Waals surface area contributed by atoms with Crippen LogP contribution in [0.25, 0.3) is 0 Å². The van der Waals surface area contributed by atoms with E-state index in [0.29, 0.717) is 18.8 Å². The molecule has 1 rings (SSSR count). The first kappa shape index (κ1) is 21.5. The molecule has 0 spiro atoms. The van der Waals surface area contributed by atoms with E-state index in [0.717, 1.165) is 38.9 Å². The molecule has 1 aliphatic rings. The Morgan fingerprint density at radius 1 is 1.36 bits per heavy atom. The number of carbonyl (C=O) groups is 1. The number of nitrogens with two attached hydrogens (primary N) is 1. The molecule has 0 aliphatic heterocycles. The van der Waals surface area contributed by atoms with Crippen molar-refractivity contribution in [2.45, 2.75) is 77.4 Å². The summed E-state index contributed by atoms with van der Waals surface area (Å²) in [6.07, 6.45) is 4.70. The van der Waals surface area contributed by atoms with Gasteiger partial charge in [0.1, 0.15) is 11.1 Å². The molecule has 0 saturated heterocycles. The molecule has 0 aromatic heterocycles. The minimum atomic E-state index is -0.809. The molecule has 1 amide bonds. The molecule has 0 aromatic rings. The molecule has 3 N–H and O–H groups in total. The fraction of sp³-hybridized carbons (Fsp3) is 0.889. The highest BCUT2D eigenvalue weighted by Gasteiger charge is 2.46. The van der Waals surface area contributed by atoms with Gasteiger partial charge in [-0.05, 0) is 58.8 Å². The highest BCUT2D eigenvalue weighted by Crippen LogP contribution is 2.37. The number of ether oxygens (including phenoxy) is 2. The van der Waals surface area contributed by atoms with Gasteiger partial charge in [-0.2, -0.15) is 0 Å². The Hall–Kier alpha value is -1.50. The predicted molar refractivity (Wildman–Crippen MR) is 97.8 cm³/mol. The molecule has 25 heavy (non-hydrogen) atoms. The van der Waals surface area contributed by atoms with Crippen LogP contribution in [0.2, 0.25) is 0 Å². The molecular formula is C18H35N3O4. The Morgan fingerprint density at radius 3 is 2.44 bits per heavy atom. The van der Waals surface area contributed by atoms with Crippen LogP contribution in [0.3, 0.4) is 0 Å². The van der Waals surface area contributed by atoms with Crippen molar-refractivity contribution in [1.29, 1.82) is 0 Å². The summed E-state index contributed by atoms with van der Waals surface area (Å²) in [5, 5.41) is 12.5. The van der Waals surface area contributed by atoms with E-state index in [2.05, 4.69) is 12.1 Å². The molecule has 0 aromatic carbocycles. The number of hydrogen-bond donors (Lipinski definition) is 2. The highest BCUT2D eigenvalue weighted by atomic mass is 16.6. The van der Waals surface area contributed by atoms with Crippen LogP contribution in [-0.4, -0.2) is 53.4 Å². The van der Waals surface area contributed by atoms with Gasteiger partial charge in [0.05, 0.1) is 0 Å². The average molecular weight is 357 g/mol. The van der Waals surface area contributed by atoms with Crippen LogP contribution >= 0.6 is 0 Å². The van der Waals surface area contributed by atoms with Crippen molar-refractivity contribution in [3.05, 3.63) is 0 Å². The Kier molecular flexibility index (Phi) is 7.99. The van der Waals surface area contributed by atoms with Crippen LogP contribution < -0.4 is 5.73 Å². The van der Waals surface area contributed by atoms with Crippen LogP contribution in [-0.2, 0) is 9.47 Å². The summed E-state index contributed by atoms with van der Waals surface area (Å²) >= 11 is 0. The van der Waals surface area contributed by atoms with E-state index in [-0.39, 0.29) is 5.84 Å². The van der Waals surface area contributed by atoms with Gasteiger partial charge in [0.15, 0.2) is 5.84 Å². The lowest BCUT2D eigenvalue weighted by Gasteiger charge is -2.45. The summed E-state index contributed by atoms with van der Waals surface area (Å²) in [6, 6.07) is 0. The maximum absolute atomic E-state index is 12.5. The van der Waals surface area contributed by atoms with E-state index < -0.39 is 17.2 Å². The van der Waals surface area contributed by atoms with E-state index in [1.54, 1.807) is 7.05 Å². The summed E-state index contributed by atoms with van der Waals surface area (Å²) in [5.74, 6) is 0.495. The first-order valence-electron chi connectivity index (χ1n) is 9.19. The molecule has 0 radical (unpaired) electrons. The van der Waals surface area contributed by atoms with Crippen molar-refractivity contribution in [3.8, 4) is 0 Å². The van der Waals surface area contributed by atoms with Gasteiger partial charge in [-0.3, -0.25) is 4.90 Å². The topological polar surface area (TPSA) is 97.4 Å². The predicted octanol–water partition coefficient (Wildman–Crippen LogP) is 3.35. The van der Waals surface area contributed by atoms with Crippen molar-refractivity contribution in [3.63, 3.8) is 0 Å². The SMILES string of the molecule is CCCCOCC1CCC(/C(N)=N/O)(N(C)C(=O)OC(C)(C)C)CC1. The number of carbonyl (C=O) groups excluding carboxylic acids is 1. The number of oxime groups is 1. The second-order valence-corrected chi connectivity index (χ2v) is 7.93. The van der Waals surface area contributed by atoms with Gasteiger partial charge < -0.3 is 20.4 Å². The number of nitrogens with zero attached hydrogens (tertiary/aromatic N) is 2. The van der Waals surface area contributed by atoms with Gasteiger partial charge in [0, 0.05) is 20.3 Å². The first-order valence-corrected chi connectivity index (χ1v) is 9.19. The van der Waals surface area contributed by atoms with Gasteiger partial charge >= 0.3 is 6.09 Å². The summed E-state index contributed by atoms with van der Waals surface area (Å²) < 4.78 is 11.2. The number of amides is 1. The van der Waals surface area contributed by atoms with Gasteiger partial charge in [-0.15, -0.1) is 0 Å². The zero-order valence-corrected chi connectivity index (χ0v) is 16.4. The Labute approximate surface area is 151 Å². The monoisotopic (exact) mass is 357 g/mol. The second kappa shape index (κ2) is 9.27. The minimum Gasteiger partial charge on any atom is -0.444 e. The van der Waals surface area contributed by atoms with E-state index in [1.807, 2.05) is 20.8 Å². The van der Waals surface area contributed by atoms with Crippen LogP contribution in [0, 0.1) is 5.92 Å². The lowest BCUT2D eigenvalue weighted by atomic mass is 9.75. The maximum atomic E-state index is 12.5. The normalized spacial score (nSPS) is 24.8. The van der Waals surface area contributed by atoms with E-state index in [1.165, 1.54) is 4.90 Å². The number of rotatable bonds is 7. The highest BCUT2D eigenvalue weighted by molar-refractivity contribution is 5.92. The van der Waals surface area contributed by atoms with Crippen molar-refractivity contribution < 1.29 is 19.5 Å². The first-order chi connectivity index (χ1) is 11.7. The fourth-order valence-corrected chi connectivity index (χ4v) is 3.18. The largest absolute Gasteiger partial charge is 0.444 e. The van der Waals surface area contributed by atoms with Gasteiger partial charge in [0.25, 0.3) is 0 Å². The van der Waals surface area contributed by atoms with E-state index >= 15 is 0 Å². The van der Waals surface area contributed by atoms with Crippen LogP contribution in [0.1, 0.15) is 66.2 Å². The Bertz CT molecular complexity index is 452. The lowest BCUT2D eigenvalue weighted by Crippen LogP contribution is -2.60. The van der Waals surface area contributed by atoms with Gasteiger partial charge in [-0.1, -0.05) is 18.5 Å². The third-order valence-corrected chi connectivity index (χ3v) is 4.82. The zero-order chi connectivity index (χ0) is 19.1. The number of hydrogen-bond acceptors (Lipinski definition) is 5. The molecule has 1 saturated carbocycles. The number of unbranched alkanes of at least 4 members (excludes halogenated alkanes) is 1. The smallest absolute Gasteiger partial charge is 0.410 e. The molecule has 7 heteroatoms.